The molecule has 1 heterocycles. The highest BCUT2D eigenvalue weighted by Crippen LogP contribution is 2.21. The third-order valence-electron chi connectivity index (χ3n) is 4.44. The number of fused-ring (bicyclic) bond motifs is 1. The fourth-order valence-electron chi connectivity index (χ4n) is 3.05. The zero-order valence-corrected chi connectivity index (χ0v) is 19.1. The maximum Gasteiger partial charge on any atom is 0.262 e. The largest absolute Gasteiger partial charge is 0.349 e. The molecule has 0 aliphatic heterocycles. The Morgan fingerprint density at radius 3 is 2.59 bits per heavy atom. The molecule has 0 fully saturated rings. The Labute approximate surface area is 183 Å². The van der Waals surface area contributed by atoms with Crippen molar-refractivity contribution in [3.05, 3.63) is 68.9 Å². The Kier molecular flexibility index (Phi) is 7.14. The van der Waals surface area contributed by atoms with Crippen molar-refractivity contribution in [2.75, 3.05) is 5.75 Å². The van der Waals surface area contributed by atoms with E-state index >= 15 is 0 Å². The van der Waals surface area contributed by atoms with Crippen LogP contribution in [0.3, 0.4) is 0 Å². The second-order valence-electron chi connectivity index (χ2n) is 7.35. The van der Waals surface area contributed by atoms with Crippen molar-refractivity contribution in [2.45, 2.75) is 38.5 Å². The minimum Gasteiger partial charge on any atom is -0.349 e. The van der Waals surface area contributed by atoms with Crippen LogP contribution in [-0.2, 0) is 11.3 Å². The van der Waals surface area contributed by atoms with Crippen LogP contribution < -0.4 is 10.9 Å². The van der Waals surface area contributed by atoms with E-state index in [2.05, 4.69) is 40.1 Å². The zero-order chi connectivity index (χ0) is 21.0. The lowest BCUT2D eigenvalue weighted by molar-refractivity contribution is -0.119. The molecule has 7 heteroatoms. The highest BCUT2D eigenvalue weighted by molar-refractivity contribution is 9.10. The molecule has 152 valence electrons. The molecule has 1 atom stereocenters. The van der Waals surface area contributed by atoms with E-state index in [9.17, 15) is 9.59 Å². The number of carbonyl (C=O) groups is 1. The summed E-state index contributed by atoms with van der Waals surface area (Å²) >= 11 is 4.71. The van der Waals surface area contributed by atoms with E-state index in [1.54, 1.807) is 10.6 Å². The van der Waals surface area contributed by atoms with Gasteiger partial charge in [0.25, 0.3) is 5.56 Å². The first-order valence-corrected chi connectivity index (χ1v) is 11.3. The van der Waals surface area contributed by atoms with Gasteiger partial charge in [0, 0.05) is 11.0 Å². The number of rotatable bonds is 7. The van der Waals surface area contributed by atoms with Gasteiger partial charge in [-0.3, -0.25) is 14.2 Å². The number of aromatic nitrogens is 2. The molecule has 1 unspecified atom stereocenters. The van der Waals surface area contributed by atoms with Crippen molar-refractivity contribution in [1.82, 2.24) is 14.9 Å². The Morgan fingerprint density at radius 1 is 1.17 bits per heavy atom. The highest BCUT2D eigenvalue weighted by atomic mass is 79.9. The Balaban J connectivity index is 1.80. The van der Waals surface area contributed by atoms with Gasteiger partial charge in [0.2, 0.25) is 5.91 Å². The average Bonchev–Trinajstić information content (AvgIpc) is 2.69. The second kappa shape index (κ2) is 9.59. The SMILES string of the molecule is CC(C)Cn1c(SCC(=O)NC(C)c2ccccc2)nc2ccc(Br)cc2c1=O. The van der Waals surface area contributed by atoms with Gasteiger partial charge in [-0.1, -0.05) is 71.9 Å². The monoisotopic (exact) mass is 473 g/mol. The van der Waals surface area contributed by atoms with E-state index in [1.807, 2.05) is 49.4 Å². The number of benzene rings is 2. The van der Waals surface area contributed by atoms with E-state index in [1.165, 1.54) is 11.8 Å². The van der Waals surface area contributed by atoms with Crippen LogP contribution in [0.1, 0.15) is 32.4 Å². The first-order valence-electron chi connectivity index (χ1n) is 9.52. The van der Waals surface area contributed by atoms with Crippen LogP contribution in [0.2, 0.25) is 0 Å². The summed E-state index contributed by atoms with van der Waals surface area (Å²) in [6.45, 7) is 6.62. The lowest BCUT2D eigenvalue weighted by atomic mass is 10.1. The molecule has 0 bridgehead atoms. The van der Waals surface area contributed by atoms with E-state index < -0.39 is 0 Å². The van der Waals surface area contributed by atoms with Gasteiger partial charge < -0.3 is 5.32 Å². The summed E-state index contributed by atoms with van der Waals surface area (Å²) < 4.78 is 2.52. The van der Waals surface area contributed by atoms with Crippen molar-refractivity contribution < 1.29 is 4.79 Å². The second-order valence-corrected chi connectivity index (χ2v) is 9.21. The molecule has 1 aromatic heterocycles. The Hall–Kier alpha value is -2.12. The lowest BCUT2D eigenvalue weighted by Crippen LogP contribution is -2.29. The van der Waals surface area contributed by atoms with Gasteiger partial charge in [-0.15, -0.1) is 0 Å². The molecule has 0 saturated heterocycles. The molecule has 0 radical (unpaired) electrons. The lowest BCUT2D eigenvalue weighted by Gasteiger charge is -2.16. The van der Waals surface area contributed by atoms with Crippen molar-refractivity contribution in [3.8, 4) is 0 Å². The summed E-state index contributed by atoms with van der Waals surface area (Å²) in [6.07, 6.45) is 0. The van der Waals surface area contributed by atoms with Gasteiger partial charge >= 0.3 is 0 Å². The number of carbonyl (C=O) groups excluding carboxylic acids is 1. The van der Waals surface area contributed by atoms with Gasteiger partial charge in [-0.25, -0.2) is 4.98 Å². The number of nitrogens with zero attached hydrogens (tertiary/aromatic N) is 2. The molecule has 0 aliphatic carbocycles. The third kappa shape index (κ3) is 5.48. The predicted molar refractivity (Wildman–Crippen MR) is 122 cm³/mol. The van der Waals surface area contributed by atoms with Crippen molar-refractivity contribution in [1.29, 1.82) is 0 Å². The summed E-state index contributed by atoms with van der Waals surface area (Å²) in [4.78, 5) is 30.2. The molecule has 2 aromatic carbocycles. The predicted octanol–water partition coefficient (Wildman–Crippen LogP) is 4.78. The van der Waals surface area contributed by atoms with Crippen LogP contribution in [0.25, 0.3) is 10.9 Å². The Bertz CT molecular complexity index is 1070. The van der Waals surface area contributed by atoms with Crippen molar-refractivity contribution >= 4 is 44.5 Å². The van der Waals surface area contributed by atoms with Gasteiger partial charge in [-0.2, -0.15) is 0 Å². The first-order chi connectivity index (χ1) is 13.8. The number of nitrogens with one attached hydrogen (secondary N) is 1. The molecule has 0 saturated carbocycles. The highest BCUT2D eigenvalue weighted by Gasteiger charge is 2.16. The molecular weight excluding hydrogens is 450 g/mol. The normalized spacial score (nSPS) is 12.3. The van der Waals surface area contributed by atoms with Crippen LogP contribution >= 0.6 is 27.7 Å². The van der Waals surface area contributed by atoms with Crippen LogP contribution in [-0.4, -0.2) is 21.2 Å². The minimum atomic E-state index is -0.0902. The summed E-state index contributed by atoms with van der Waals surface area (Å²) in [6, 6.07) is 15.2. The van der Waals surface area contributed by atoms with Gasteiger partial charge in [0.05, 0.1) is 22.7 Å². The molecule has 1 amide bonds. The standard InChI is InChI=1S/C22H24BrN3O2S/c1-14(2)12-26-21(28)18-11-17(23)9-10-19(18)25-22(26)29-13-20(27)24-15(3)16-7-5-4-6-8-16/h4-11,14-15H,12-13H2,1-3H3,(H,24,27). The zero-order valence-electron chi connectivity index (χ0n) is 16.7. The molecular formula is C22H24BrN3O2S. The number of amides is 1. The Morgan fingerprint density at radius 2 is 1.90 bits per heavy atom. The topological polar surface area (TPSA) is 64.0 Å². The van der Waals surface area contributed by atoms with Crippen LogP contribution in [0.5, 0.6) is 0 Å². The summed E-state index contributed by atoms with van der Waals surface area (Å²) in [5.41, 5.74) is 1.61. The minimum absolute atomic E-state index is 0.0782. The fourth-order valence-corrected chi connectivity index (χ4v) is 4.23. The van der Waals surface area contributed by atoms with Crippen LogP contribution in [0.15, 0.2) is 63.0 Å². The first kappa shape index (κ1) is 21.6. The van der Waals surface area contributed by atoms with E-state index in [-0.39, 0.29) is 29.2 Å². The number of thioether (sulfide) groups is 1. The summed E-state index contributed by atoms with van der Waals surface area (Å²) in [7, 11) is 0. The van der Waals surface area contributed by atoms with E-state index in [4.69, 9.17) is 0 Å². The number of hydrogen-bond acceptors (Lipinski definition) is 4. The van der Waals surface area contributed by atoms with Gasteiger partial charge in [0.1, 0.15) is 0 Å². The quantitative estimate of drug-likeness (QED) is 0.395. The van der Waals surface area contributed by atoms with Gasteiger partial charge in [0.15, 0.2) is 5.16 Å². The maximum atomic E-state index is 13.0. The average molecular weight is 474 g/mol. The summed E-state index contributed by atoms with van der Waals surface area (Å²) in [5.74, 6) is 0.391. The van der Waals surface area contributed by atoms with E-state index in [0.29, 0.717) is 22.6 Å². The third-order valence-corrected chi connectivity index (χ3v) is 5.91. The molecule has 3 aromatic rings. The molecule has 0 spiro atoms. The molecule has 1 N–H and O–H groups in total. The fraction of sp³-hybridized carbons (Fsp3) is 0.318. The number of hydrogen-bond donors (Lipinski definition) is 1. The molecule has 5 nitrogen and oxygen atoms in total. The molecule has 29 heavy (non-hydrogen) atoms. The van der Waals surface area contributed by atoms with Gasteiger partial charge in [-0.05, 0) is 36.6 Å². The van der Waals surface area contributed by atoms with Crippen molar-refractivity contribution in [3.63, 3.8) is 0 Å². The van der Waals surface area contributed by atoms with E-state index in [0.717, 1.165) is 10.0 Å². The van der Waals surface area contributed by atoms with Crippen LogP contribution in [0.4, 0.5) is 0 Å². The molecule has 3 rings (SSSR count). The number of halogens is 1. The summed E-state index contributed by atoms with van der Waals surface area (Å²) in [5, 5.41) is 4.15. The van der Waals surface area contributed by atoms with Crippen LogP contribution in [0, 0.1) is 5.92 Å². The molecule has 0 aliphatic rings. The maximum absolute atomic E-state index is 13.0. The van der Waals surface area contributed by atoms with Crippen molar-refractivity contribution in [2.24, 2.45) is 5.92 Å². The smallest absolute Gasteiger partial charge is 0.262 e.